The molecule has 1 fully saturated rings. The number of hydrogen-bond acceptors (Lipinski definition) is 3. The summed E-state index contributed by atoms with van der Waals surface area (Å²) in [5.41, 5.74) is 7.57. The van der Waals surface area contributed by atoms with Crippen LogP contribution in [0.5, 0.6) is 0 Å². The average molecular weight is 312 g/mol. The molecule has 1 aromatic rings. The highest BCUT2D eigenvalue weighted by Gasteiger charge is 2.28. The number of nitrogens with two attached hydrogens (primary N) is 1. The molecule has 0 saturated carbocycles. The van der Waals surface area contributed by atoms with Crippen molar-refractivity contribution in [1.29, 1.82) is 0 Å². The Kier molecular flexibility index (Phi) is 3.80. The molecule has 4 nitrogen and oxygen atoms in total. The molecule has 2 rings (SSSR count). The van der Waals surface area contributed by atoms with Gasteiger partial charge in [-0.15, -0.1) is 0 Å². The molecule has 98 valence electrons. The lowest BCUT2D eigenvalue weighted by molar-refractivity contribution is 0.318. The molecular formula is C13H18BrN3O. The molecule has 18 heavy (non-hydrogen) atoms. The third-order valence-electron chi connectivity index (χ3n) is 3.68. The average Bonchev–Trinajstić information content (AvgIpc) is 2.68. The van der Waals surface area contributed by atoms with Gasteiger partial charge >= 0.3 is 0 Å². The van der Waals surface area contributed by atoms with Crippen molar-refractivity contribution >= 4 is 27.5 Å². The molecule has 5 heteroatoms. The van der Waals surface area contributed by atoms with Gasteiger partial charge in [-0.25, -0.2) is 0 Å². The molecule has 1 aromatic carbocycles. The van der Waals surface area contributed by atoms with Crippen molar-refractivity contribution in [3.05, 3.63) is 28.2 Å². The van der Waals surface area contributed by atoms with E-state index < -0.39 is 0 Å². The number of oxime groups is 1. The lowest BCUT2D eigenvalue weighted by atomic mass is 10.0. The summed E-state index contributed by atoms with van der Waals surface area (Å²) in [6.07, 6.45) is 0. The minimum atomic E-state index is 0.143. The zero-order chi connectivity index (χ0) is 13.3. The predicted molar refractivity (Wildman–Crippen MR) is 77.2 cm³/mol. The molecule has 3 N–H and O–H groups in total. The van der Waals surface area contributed by atoms with E-state index in [2.05, 4.69) is 39.8 Å². The summed E-state index contributed by atoms with van der Waals surface area (Å²) < 4.78 is 0.850. The number of benzene rings is 1. The van der Waals surface area contributed by atoms with Crippen LogP contribution < -0.4 is 10.6 Å². The van der Waals surface area contributed by atoms with Crippen LogP contribution in [-0.4, -0.2) is 24.1 Å². The Morgan fingerprint density at radius 1 is 1.39 bits per heavy atom. The molecule has 0 aliphatic carbocycles. The standard InChI is InChI=1S/C13H18BrN3O/c1-8-6-17(7-9(8)2)11-5-3-4-10(14)12(11)13(15)16-18/h3-5,8-9,18H,6-7H2,1-2H3,(H2,15,16). The minimum absolute atomic E-state index is 0.143. The number of anilines is 1. The van der Waals surface area contributed by atoms with Crippen LogP contribution in [-0.2, 0) is 0 Å². The normalized spacial score (nSPS) is 24.6. The van der Waals surface area contributed by atoms with Crippen molar-refractivity contribution < 1.29 is 5.21 Å². The van der Waals surface area contributed by atoms with Crippen molar-refractivity contribution in [2.24, 2.45) is 22.7 Å². The fraction of sp³-hybridized carbons (Fsp3) is 0.462. The minimum Gasteiger partial charge on any atom is -0.409 e. The number of hydrogen-bond donors (Lipinski definition) is 2. The summed E-state index contributed by atoms with van der Waals surface area (Å²) in [6.45, 7) is 6.52. The van der Waals surface area contributed by atoms with Crippen molar-refractivity contribution in [1.82, 2.24) is 0 Å². The second kappa shape index (κ2) is 5.18. The van der Waals surface area contributed by atoms with E-state index in [1.54, 1.807) is 0 Å². The monoisotopic (exact) mass is 311 g/mol. The molecular weight excluding hydrogens is 294 g/mol. The number of amidine groups is 1. The van der Waals surface area contributed by atoms with E-state index in [0.717, 1.165) is 28.8 Å². The third-order valence-corrected chi connectivity index (χ3v) is 4.35. The van der Waals surface area contributed by atoms with E-state index in [0.29, 0.717) is 11.8 Å². The Morgan fingerprint density at radius 2 is 2.00 bits per heavy atom. The van der Waals surface area contributed by atoms with E-state index in [9.17, 15) is 0 Å². The van der Waals surface area contributed by atoms with Crippen molar-refractivity contribution in [2.45, 2.75) is 13.8 Å². The van der Waals surface area contributed by atoms with Crippen molar-refractivity contribution in [3.63, 3.8) is 0 Å². The highest BCUT2D eigenvalue weighted by atomic mass is 79.9. The number of halogens is 1. The topological polar surface area (TPSA) is 61.8 Å². The molecule has 0 aromatic heterocycles. The van der Waals surface area contributed by atoms with Gasteiger partial charge in [-0.05, 0) is 39.9 Å². The summed E-state index contributed by atoms with van der Waals surface area (Å²) in [5, 5.41) is 12.0. The van der Waals surface area contributed by atoms with Crippen LogP contribution in [0.2, 0.25) is 0 Å². The van der Waals surface area contributed by atoms with Crippen molar-refractivity contribution in [3.8, 4) is 0 Å². The Hall–Kier alpha value is -1.23. The number of nitrogens with zero attached hydrogens (tertiary/aromatic N) is 2. The quantitative estimate of drug-likeness (QED) is 0.382. The van der Waals surface area contributed by atoms with Gasteiger partial charge in [0.2, 0.25) is 0 Å². The van der Waals surface area contributed by atoms with Crippen LogP contribution in [0, 0.1) is 11.8 Å². The fourth-order valence-corrected chi connectivity index (χ4v) is 2.97. The van der Waals surface area contributed by atoms with Crippen molar-refractivity contribution in [2.75, 3.05) is 18.0 Å². The Labute approximate surface area is 116 Å². The molecule has 0 radical (unpaired) electrons. The van der Waals surface area contributed by atoms with Gasteiger partial charge in [-0.1, -0.05) is 25.1 Å². The van der Waals surface area contributed by atoms with Gasteiger partial charge in [0.25, 0.3) is 0 Å². The van der Waals surface area contributed by atoms with Crippen LogP contribution in [0.1, 0.15) is 19.4 Å². The summed E-state index contributed by atoms with van der Waals surface area (Å²) in [5.74, 6) is 1.46. The third kappa shape index (κ3) is 2.32. The Bertz CT molecular complexity index is 465. The molecule has 2 atom stereocenters. The van der Waals surface area contributed by atoms with Gasteiger partial charge in [-0.3, -0.25) is 0 Å². The number of rotatable bonds is 2. The van der Waals surface area contributed by atoms with Crippen LogP contribution in [0.3, 0.4) is 0 Å². The molecule has 0 spiro atoms. The van der Waals surface area contributed by atoms with E-state index in [4.69, 9.17) is 10.9 Å². The second-order valence-electron chi connectivity index (χ2n) is 4.98. The maximum Gasteiger partial charge on any atom is 0.173 e. The van der Waals surface area contributed by atoms with Gasteiger partial charge in [0, 0.05) is 23.2 Å². The fourth-order valence-electron chi connectivity index (χ4n) is 2.41. The summed E-state index contributed by atoms with van der Waals surface area (Å²) in [7, 11) is 0. The highest BCUT2D eigenvalue weighted by molar-refractivity contribution is 9.10. The van der Waals surface area contributed by atoms with Gasteiger partial charge in [-0.2, -0.15) is 0 Å². The zero-order valence-corrected chi connectivity index (χ0v) is 12.2. The Morgan fingerprint density at radius 3 is 2.56 bits per heavy atom. The van der Waals surface area contributed by atoms with E-state index in [1.165, 1.54) is 0 Å². The first-order valence-corrected chi connectivity index (χ1v) is 6.85. The summed E-state index contributed by atoms with van der Waals surface area (Å²) in [6, 6.07) is 5.89. The molecule has 0 bridgehead atoms. The SMILES string of the molecule is CC1CN(c2cccc(Br)c2/C(N)=N/O)CC1C. The van der Waals surface area contributed by atoms with E-state index >= 15 is 0 Å². The first kappa shape index (κ1) is 13.2. The molecule has 1 heterocycles. The van der Waals surface area contributed by atoms with Crippen LogP contribution in [0.25, 0.3) is 0 Å². The summed E-state index contributed by atoms with van der Waals surface area (Å²) >= 11 is 3.47. The van der Waals surface area contributed by atoms with Gasteiger partial charge in [0.05, 0.1) is 5.56 Å². The maximum atomic E-state index is 8.91. The van der Waals surface area contributed by atoms with Gasteiger partial charge in [0.15, 0.2) is 5.84 Å². The molecule has 1 aliphatic rings. The lowest BCUT2D eigenvalue weighted by Gasteiger charge is -2.22. The second-order valence-corrected chi connectivity index (χ2v) is 5.83. The predicted octanol–water partition coefficient (Wildman–Crippen LogP) is 2.64. The lowest BCUT2D eigenvalue weighted by Crippen LogP contribution is -2.25. The van der Waals surface area contributed by atoms with E-state index in [-0.39, 0.29) is 5.84 Å². The van der Waals surface area contributed by atoms with Gasteiger partial charge in [0.1, 0.15) is 0 Å². The first-order chi connectivity index (χ1) is 8.54. The van der Waals surface area contributed by atoms with E-state index in [1.807, 2.05) is 18.2 Å². The smallest absolute Gasteiger partial charge is 0.173 e. The molecule has 1 saturated heterocycles. The Balaban J connectivity index is 2.42. The first-order valence-electron chi connectivity index (χ1n) is 6.06. The van der Waals surface area contributed by atoms with Crippen LogP contribution >= 0.6 is 15.9 Å². The summed E-state index contributed by atoms with van der Waals surface area (Å²) in [4.78, 5) is 2.30. The zero-order valence-electron chi connectivity index (χ0n) is 10.6. The van der Waals surface area contributed by atoms with Gasteiger partial charge < -0.3 is 15.8 Å². The van der Waals surface area contributed by atoms with Crippen LogP contribution in [0.4, 0.5) is 5.69 Å². The maximum absolute atomic E-state index is 8.91. The van der Waals surface area contributed by atoms with Crippen LogP contribution in [0.15, 0.2) is 27.8 Å². The molecule has 0 amide bonds. The largest absolute Gasteiger partial charge is 0.409 e. The highest BCUT2D eigenvalue weighted by Crippen LogP contribution is 2.33. The molecule has 1 aliphatic heterocycles. The molecule has 2 unspecified atom stereocenters.